The summed E-state index contributed by atoms with van der Waals surface area (Å²) >= 11 is 1.48. The number of anilines is 1. The highest BCUT2D eigenvalue weighted by Gasteiger charge is 2.16. The van der Waals surface area contributed by atoms with E-state index in [4.69, 9.17) is 0 Å². The van der Waals surface area contributed by atoms with Crippen LogP contribution in [0.25, 0.3) is 11.3 Å². The van der Waals surface area contributed by atoms with Crippen molar-refractivity contribution in [3.63, 3.8) is 0 Å². The van der Waals surface area contributed by atoms with E-state index in [0.717, 1.165) is 23.8 Å². The number of amides is 1. The molecule has 2 heterocycles. The lowest BCUT2D eigenvalue weighted by atomic mass is 10.1. The van der Waals surface area contributed by atoms with Crippen molar-refractivity contribution in [1.29, 1.82) is 0 Å². The van der Waals surface area contributed by atoms with Crippen LogP contribution in [-0.4, -0.2) is 10.9 Å². The molecule has 0 radical (unpaired) electrons. The van der Waals surface area contributed by atoms with Crippen molar-refractivity contribution in [2.45, 2.75) is 0 Å². The predicted molar refractivity (Wildman–Crippen MR) is 81.9 cm³/mol. The van der Waals surface area contributed by atoms with Crippen molar-refractivity contribution in [3.05, 3.63) is 70.6 Å². The number of halogens is 2. The number of nitrogens with one attached hydrogen (secondary N) is 1. The number of nitrogens with zero attached hydrogens (tertiary/aromatic N) is 1. The monoisotopic (exact) mass is 316 g/mol. The summed E-state index contributed by atoms with van der Waals surface area (Å²) in [6, 6.07) is 7.94. The molecule has 0 spiro atoms. The Balaban J connectivity index is 1.95. The average molecular weight is 316 g/mol. The maximum atomic E-state index is 13.6. The standard InChI is InChI=1S/C16H10F2N2OS/c17-11-3-4-13(18)14(8-11)20-16(21)12-2-1-6-19-15(12)10-5-7-22-9-10/h1-9H,(H,20,21). The zero-order valence-electron chi connectivity index (χ0n) is 11.2. The molecule has 3 rings (SSSR count). The molecule has 1 amide bonds. The zero-order valence-corrected chi connectivity index (χ0v) is 12.0. The first-order valence-corrected chi connectivity index (χ1v) is 7.33. The second-order valence-corrected chi connectivity index (χ2v) is 5.27. The van der Waals surface area contributed by atoms with Crippen LogP contribution in [0.1, 0.15) is 10.4 Å². The van der Waals surface area contributed by atoms with Gasteiger partial charge < -0.3 is 5.32 Å². The van der Waals surface area contributed by atoms with E-state index < -0.39 is 17.5 Å². The van der Waals surface area contributed by atoms with Crippen LogP contribution in [0.2, 0.25) is 0 Å². The second kappa shape index (κ2) is 6.03. The molecule has 0 bridgehead atoms. The molecule has 1 aromatic carbocycles. The molecule has 2 aromatic heterocycles. The number of aromatic nitrogens is 1. The normalized spacial score (nSPS) is 10.5. The molecule has 0 saturated heterocycles. The van der Waals surface area contributed by atoms with Gasteiger partial charge in [-0.25, -0.2) is 8.78 Å². The van der Waals surface area contributed by atoms with E-state index >= 15 is 0 Å². The second-order valence-electron chi connectivity index (χ2n) is 4.49. The molecule has 1 N–H and O–H groups in total. The Morgan fingerprint density at radius 3 is 2.82 bits per heavy atom. The Kier molecular flexibility index (Phi) is 3.93. The van der Waals surface area contributed by atoms with E-state index in [2.05, 4.69) is 10.3 Å². The number of hydrogen-bond donors (Lipinski definition) is 1. The highest BCUT2D eigenvalue weighted by atomic mass is 32.1. The molecule has 0 unspecified atom stereocenters. The van der Waals surface area contributed by atoms with E-state index in [1.807, 2.05) is 16.8 Å². The van der Waals surface area contributed by atoms with Crippen molar-refractivity contribution in [2.24, 2.45) is 0 Å². The van der Waals surface area contributed by atoms with E-state index in [1.165, 1.54) is 11.3 Å². The van der Waals surface area contributed by atoms with Crippen molar-refractivity contribution in [2.75, 3.05) is 5.32 Å². The van der Waals surface area contributed by atoms with Gasteiger partial charge in [-0.2, -0.15) is 11.3 Å². The minimum atomic E-state index is -0.698. The van der Waals surface area contributed by atoms with Crippen LogP contribution in [0, 0.1) is 11.6 Å². The topological polar surface area (TPSA) is 42.0 Å². The summed E-state index contributed by atoms with van der Waals surface area (Å²) in [5.74, 6) is -1.87. The van der Waals surface area contributed by atoms with Crippen LogP contribution in [0.5, 0.6) is 0 Å². The fraction of sp³-hybridized carbons (Fsp3) is 0. The minimum absolute atomic E-state index is 0.204. The molecule has 0 atom stereocenters. The SMILES string of the molecule is O=C(Nc1cc(F)ccc1F)c1cccnc1-c1ccsc1. The maximum Gasteiger partial charge on any atom is 0.257 e. The van der Waals surface area contributed by atoms with Gasteiger partial charge in [0.1, 0.15) is 11.6 Å². The summed E-state index contributed by atoms with van der Waals surface area (Å²) in [4.78, 5) is 16.6. The third-order valence-corrected chi connectivity index (χ3v) is 3.71. The summed E-state index contributed by atoms with van der Waals surface area (Å²) in [6.45, 7) is 0. The number of benzene rings is 1. The van der Waals surface area contributed by atoms with E-state index in [1.54, 1.807) is 18.3 Å². The number of rotatable bonds is 3. The van der Waals surface area contributed by atoms with Gasteiger partial charge in [0.15, 0.2) is 0 Å². The van der Waals surface area contributed by atoms with E-state index in [9.17, 15) is 13.6 Å². The van der Waals surface area contributed by atoms with E-state index in [0.29, 0.717) is 11.3 Å². The quantitative estimate of drug-likeness (QED) is 0.781. The lowest BCUT2D eigenvalue weighted by Gasteiger charge is -2.09. The molecule has 22 heavy (non-hydrogen) atoms. The average Bonchev–Trinajstić information content (AvgIpc) is 3.05. The summed E-state index contributed by atoms with van der Waals surface area (Å²) < 4.78 is 26.8. The van der Waals surface area contributed by atoms with Gasteiger partial charge in [0, 0.05) is 23.2 Å². The Labute approximate surface area is 129 Å². The third-order valence-electron chi connectivity index (χ3n) is 3.02. The fourth-order valence-electron chi connectivity index (χ4n) is 2.00. The number of carbonyl (C=O) groups excluding carboxylic acids is 1. The van der Waals surface area contributed by atoms with Crippen LogP contribution in [0.4, 0.5) is 14.5 Å². The van der Waals surface area contributed by atoms with Gasteiger partial charge in [-0.15, -0.1) is 0 Å². The summed E-state index contributed by atoms with van der Waals surface area (Å²) in [5, 5.41) is 6.12. The molecule has 3 nitrogen and oxygen atoms in total. The largest absolute Gasteiger partial charge is 0.319 e. The summed E-state index contributed by atoms with van der Waals surface area (Å²) in [7, 11) is 0. The summed E-state index contributed by atoms with van der Waals surface area (Å²) in [6.07, 6.45) is 1.58. The number of carbonyl (C=O) groups is 1. The molecular formula is C16H10F2N2OS. The molecule has 0 aliphatic heterocycles. The Morgan fingerprint density at radius 2 is 2.05 bits per heavy atom. The lowest BCUT2D eigenvalue weighted by Crippen LogP contribution is -2.14. The van der Waals surface area contributed by atoms with Crippen molar-refractivity contribution in [3.8, 4) is 11.3 Å². The molecular weight excluding hydrogens is 306 g/mol. The Bertz CT molecular complexity index is 819. The highest BCUT2D eigenvalue weighted by molar-refractivity contribution is 7.08. The van der Waals surface area contributed by atoms with E-state index in [-0.39, 0.29) is 5.69 Å². The number of pyridine rings is 1. The first-order valence-electron chi connectivity index (χ1n) is 6.39. The first-order chi connectivity index (χ1) is 10.6. The van der Waals surface area contributed by atoms with Crippen molar-refractivity contribution in [1.82, 2.24) is 4.98 Å². The Hall–Kier alpha value is -2.60. The van der Waals surface area contributed by atoms with Crippen molar-refractivity contribution >= 4 is 22.9 Å². The molecule has 0 saturated carbocycles. The Morgan fingerprint density at radius 1 is 1.18 bits per heavy atom. The van der Waals surface area contributed by atoms with Gasteiger partial charge in [-0.05, 0) is 35.7 Å². The lowest BCUT2D eigenvalue weighted by molar-refractivity contribution is 0.102. The molecule has 6 heteroatoms. The third kappa shape index (κ3) is 2.87. The van der Waals surface area contributed by atoms with Gasteiger partial charge in [0.05, 0.1) is 16.9 Å². The van der Waals surface area contributed by atoms with Crippen LogP contribution in [0.3, 0.4) is 0 Å². The first kappa shape index (κ1) is 14.3. The summed E-state index contributed by atoms with van der Waals surface area (Å²) in [5.41, 5.74) is 1.39. The van der Waals surface area contributed by atoms with Crippen LogP contribution in [0.15, 0.2) is 53.4 Å². The minimum Gasteiger partial charge on any atom is -0.319 e. The molecule has 0 fully saturated rings. The molecule has 110 valence electrons. The van der Waals surface area contributed by atoms with Crippen LogP contribution in [-0.2, 0) is 0 Å². The highest BCUT2D eigenvalue weighted by Crippen LogP contribution is 2.25. The predicted octanol–water partition coefficient (Wildman–Crippen LogP) is 4.34. The van der Waals surface area contributed by atoms with Gasteiger partial charge in [-0.3, -0.25) is 9.78 Å². The van der Waals surface area contributed by atoms with Crippen molar-refractivity contribution < 1.29 is 13.6 Å². The molecule has 0 aliphatic carbocycles. The number of thiophene rings is 1. The maximum absolute atomic E-state index is 13.6. The van der Waals surface area contributed by atoms with Crippen LogP contribution < -0.4 is 5.32 Å². The smallest absolute Gasteiger partial charge is 0.257 e. The van der Waals surface area contributed by atoms with Gasteiger partial charge in [-0.1, -0.05) is 0 Å². The fourth-order valence-corrected chi connectivity index (χ4v) is 2.64. The van der Waals surface area contributed by atoms with Gasteiger partial charge in [0.25, 0.3) is 5.91 Å². The van der Waals surface area contributed by atoms with Gasteiger partial charge in [0.2, 0.25) is 0 Å². The molecule has 3 aromatic rings. The van der Waals surface area contributed by atoms with Gasteiger partial charge >= 0.3 is 0 Å². The zero-order chi connectivity index (χ0) is 15.5. The number of hydrogen-bond acceptors (Lipinski definition) is 3. The molecule has 0 aliphatic rings. The van der Waals surface area contributed by atoms with Crippen LogP contribution >= 0.6 is 11.3 Å².